The van der Waals surface area contributed by atoms with E-state index in [1.807, 2.05) is 13.8 Å². The first kappa shape index (κ1) is 23.2. The topological polar surface area (TPSA) is 75.7 Å². The molecule has 0 saturated carbocycles. The summed E-state index contributed by atoms with van der Waals surface area (Å²) in [5, 5.41) is 3.04. The number of halogens is 1. The van der Waals surface area contributed by atoms with E-state index in [1.54, 1.807) is 31.4 Å². The third-order valence-electron chi connectivity index (χ3n) is 4.51. The van der Waals surface area contributed by atoms with Gasteiger partial charge in [0.25, 0.3) is 0 Å². The summed E-state index contributed by atoms with van der Waals surface area (Å²) in [6, 6.07) is 12.2. The van der Waals surface area contributed by atoms with Crippen LogP contribution in [0, 0.1) is 5.92 Å². The number of sulfonamides is 1. The molecule has 1 N–H and O–H groups in total. The summed E-state index contributed by atoms with van der Waals surface area (Å²) in [7, 11) is -0.873. The predicted molar refractivity (Wildman–Crippen MR) is 114 cm³/mol. The minimum Gasteiger partial charge on any atom is -0.497 e. The number of rotatable bonds is 9. The van der Waals surface area contributed by atoms with Gasteiger partial charge in [-0.3, -0.25) is 4.79 Å². The fourth-order valence-electron chi connectivity index (χ4n) is 2.98. The minimum absolute atomic E-state index is 0.0553. The van der Waals surface area contributed by atoms with Crippen LogP contribution in [-0.2, 0) is 21.4 Å². The lowest BCUT2D eigenvalue weighted by molar-refractivity contribution is -0.125. The Morgan fingerprint density at radius 1 is 1.10 bits per heavy atom. The molecule has 0 bridgehead atoms. The van der Waals surface area contributed by atoms with E-state index in [9.17, 15) is 13.2 Å². The molecule has 2 aromatic carbocycles. The molecular formula is C21H27ClN2O4S. The fourth-order valence-corrected chi connectivity index (χ4v) is 4.70. The Morgan fingerprint density at radius 2 is 1.69 bits per heavy atom. The Hall–Kier alpha value is -2.09. The second-order valence-electron chi connectivity index (χ2n) is 7.11. The van der Waals surface area contributed by atoms with Gasteiger partial charge in [0, 0.05) is 18.6 Å². The summed E-state index contributed by atoms with van der Waals surface area (Å²) in [5.41, 5.74) is 0.751. The predicted octanol–water partition coefficient (Wildman–Crippen LogP) is 3.70. The van der Waals surface area contributed by atoms with Crippen LogP contribution in [0.2, 0.25) is 5.02 Å². The zero-order valence-corrected chi connectivity index (χ0v) is 18.6. The molecule has 158 valence electrons. The van der Waals surface area contributed by atoms with Gasteiger partial charge in [-0.2, -0.15) is 4.31 Å². The second kappa shape index (κ2) is 10.1. The molecule has 0 radical (unpaired) electrons. The number of carbonyl (C=O) groups excluding carboxylic acids is 1. The number of hydrogen-bond acceptors (Lipinski definition) is 4. The van der Waals surface area contributed by atoms with Crippen LogP contribution >= 0.6 is 11.6 Å². The Bertz CT molecular complexity index is 913. The van der Waals surface area contributed by atoms with Crippen molar-refractivity contribution in [2.75, 3.05) is 14.2 Å². The highest BCUT2D eigenvalue weighted by Gasteiger charge is 2.36. The van der Waals surface area contributed by atoms with E-state index < -0.39 is 16.1 Å². The average Bonchev–Trinajstić information content (AvgIpc) is 2.70. The van der Waals surface area contributed by atoms with E-state index in [-0.39, 0.29) is 23.3 Å². The maximum absolute atomic E-state index is 13.5. The highest BCUT2D eigenvalue weighted by molar-refractivity contribution is 7.89. The Kier molecular flexibility index (Phi) is 8.07. The molecule has 8 heteroatoms. The van der Waals surface area contributed by atoms with Crippen molar-refractivity contribution < 1.29 is 17.9 Å². The third kappa shape index (κ3) is 5.95. The number of ether oxygens (including phenoxy) is 1. The number of amides is 1. The normalized spacial score (nSPS) is 12.8. The van der Waals surface area contributed by atoms with Crippen molar-refractivity contribution in [1.82, 2.24) is 9.62 Å². The summed E-state index contributed by atoms with van der Waals surface area (Å²) < 4.78 is 33.4. The van der Waals surface area contributed by atoms with Crippen LogP contribution in [0.4, 0.5) is 0 Å². The van der Waals surface area contributed by atoms with Crippen molar-refractivity contribution in [3.05, 3.63) is 59.1 Å². The number of nitrogens with one attached hydrogen (secondary N) is 1. The number of nitrogens with zero attached hydrogens (tertiary/aromatic N) is 1. The van der Waals surface area contributed by atoms with Gasteiger partial charge in [0.1, 0.15) is 11.8 Å². The van der Waals surface area contributed by atoms with Gasteiger partial charge in [-0.25, -0.2) is 8.42 Å². The highest BCUT2D eigenvalue weighted by Crippen LogP contribution is 2.26. The Balaban J connectivity index is 2.52. The molecule has 2 rings (SSSR count). The minimum atomic E-state index is -3.95. The van der Waals surface area contributed by atoms with Gasteiger partial charge in [-0.05, 0) is 54.3 Å². The van der Waals surface area contributed by atoms with E-state index in [0.717, 1.165) is 5.56 Å². The molecule has 0 aliphatic heterocycles. The van der Waals surface area contributed by atoms with Gasteiger partial charge in [-0.1, -0.05) is 37.6 Å². The molecule has 0 unspecified atom stereocenters. The van der Waals surface area contributed by atoms with E-state index in [0.29, 0.717) is 17.2 Å². The molecule has 2 aromatic rings. The SMILES string of the molecule is CNC(=O)[C@@H](CC(C)C)N(Cc1ccc(OC)cc1)S(=O)(=O)c1ccc(Cl)cc1. The molecule has 0 saturated heterocycles. The van der Waals surface area contributed by atoms with Crippen LogP contribution in [0.25, 0.3) is 0 Å². The van der Waals surface area contributed by atoms with Crippen LogP contribution in [0.3, 0.4) is 0 Å². The monoisotopic (exact) mass is 438 g/mol. The van der Waals surface area contributed by atoms with Gasteiger partial charge < -0.3 is 10.1 Å². The molecule has 0 heterocycles. The standard InChI is InChI=1S/C21H27ClN2O4S/c1-15(2)13-20(21(25)23-3)24(14-16-5-9-18(28-4)10-6-16)29(26,27)19-11-7-17(22)8-12-19/h5-12,15,20H,13-14H2,1-4H3,(H,23,25)/t20-/m1/s1. The number of carbonyl (C=O) groups is 1. The summed E-state index contributed by atoms with van der Waals surface area (Å²) in [6.45, 7) is 3.96. The fraction of sp³-hybridized carbons (Fsp3) is 0.381. The quantitative estimate of drug-likeness (QED) is 0.647. The zero-order chi connectivity index (χ0) is 21.6. The van der Waals surface area contributed by atoms with Crippen molar-refractivity contribution in [3.63, 3.8) is 0 Å². The van der Waals surface area contributed by atoms with Crippen LogP contribution in [0.1, 0.15) is 25.8 Å². The van der Waals surface area contributed by atoms with Crippen LogP contribution < -0.4 is 10.1 Å². The van der Waals surface area contributed by atoms with Gasteiger partial charge in [-0.15, -0.1) is 0 Å². The van der Waals surface area contributed by atoms with Crippen molar-refractivity contribution >= 4 is 27.5 Å². The lowest BCUT2D eigenvalue weighted by Crippen LogP contribution is -2.49. The Labute approximate surface area is 177 Å². The second-order valence-corrected chi connectivity index (χ2v) is 9.44. The maximum Gasteiger partial charge on any atom is 0.244 e. The first-order valence-electron chi connectivity index (χ1n) is 9.31. The first-order chi connectivity index (χ1) is 13.7. The molecule has 0 aliphatic carbocycles. The summed E-state index contributed by atoms with van der Waals surface area (Å²) in [4.78, 5) is 12.7. The summed E-state index contributed by atoms with van der Waals surface area (Å²) >= 11 is 5.92. The molecule has 29 heavy (non-hydrogen) atoms. The largest absolute Gasteiger partial charge is 0.497 e. The third-order valence-corrected chi connectivity index (χ3v) is 6.63. The van der Waals surface area contributed by atoms with E-state index in [4.69, 9.17) is 16.3 Å². The van der Waals surface area contributed by atoms with Gasteiger partial charge in [0.05, 0.1) is 12.0 Å². The van der Waals surface area contributed by atoms with Gasteiger partial charge in [0.15, 0.2) is 0 Å². The van der Waals surface area contributed by atoms with Crippen molar-refractivity contribution in [3.8, 4) is 5.75 Å². The van der Waals surface area contributed by atoms with Crippen molar-refractivity contribution in [2.24, 2.45) is 5.92 Å². The van der Waals surface area contributed by atoms with Crippen molar-refractivity contribution in [2.45, 2.75) is 37.8 Å². The van der Waals surface area contributed by atoms with Crippen LogP contribution in [0.15, 0.2) is 53.4 Å². The summed E-state index contributed by atoms with van der Waals surface area (Å²) in [6.07, 6.45) is 0.392. The lowest BCUT2D eigenvalue weighted by atomic mass is 10.0. The smallest absolute Gasteiger partial charge is 0.244 e. The maximum atomic E-state index is 13.5. The molecule has 0 aliphatic rings. The number of methoxy groups -OCH3 is 1. The first-order valence-corrected chi connectivity index (χ1v) is 11.1. The van der Waals surface area contributed by atoms with E-state index >= 15 is 0 Å². The average molecular weight is 439 g/mol. The molecule has 6 nitrogen and oxygen atoms in total. The Morgan fingerprint density at radius 3 is 2.17 bits per heavy atom. The van der Waals surface area contributed by atoms with Crippen molar-refractivity contribution in [1.29, 1.82) is 0 Å². The number of benzene rings is 2. The summed E-state index contributed by atoms with van der Waals surface area (Å²) in [5.74, 6) is 0.451. The highest BCUT2D eigenvalue weighted by atomic mass is 35.5. The molecule has 0 fully saturated rings. The van der Waals surface area contributed by atoms with E-state index in [1.165, 1.54) is 35.6 Å². The number of likely N-dealkylation sites (N-methyl/N-ethyl adjacent to an activating group) is 1. The molecule has 0 spiro atoms. The molecule has 0 aromatic heterocycles. The molecule has 1 atom stereocenters. The lowest BCUT2D eigenvalue weighted by Gasteiger charge is -2.31. The molecular weight excluding hydrogens is 412 g/mol. The van der Waals surface area contributed by atoms with Crippen LogP contribution in [0.5, 0.6) is 5.75 Å². The van der Waals surface area contributed by atoms with Crippen LogP contribution in [-0.4, -0.2) is 38.8 Å². The number of hydrogen-bond donors (Lipinski definition) is 1. The van der Waals surface area contributed by atoms with Gasteiger partial charge >= 0.3 is 0 Å². The molecule has 1 amide bonds. The van der Waals surface area contributed by atoms with Gasteiger partial charge in [0.2, 0.25) is 15.9 Å². The zero-order valence-electron chi connectivity index (χ0n) is 17.1. The van der Waals surface area contributed by atoms with E-state index in [2.05, 4.69) is 5.32 Å².